The average Bonchev–Trinajstić information content (AvgIpc) is 3.01. The fourth-order valence-corrected chi connectivity index (χ4v) is 4.67. The first-order valence-corrected chi connectivity index (χ1v) is 14.7. The second-order valence-electron chi connectivity index (χ2n) is 10.7. The fraction of sp³-hybridized carbons (Fsp3) is 0.353. The summed E-state index contributed by atoms with van der Waals surface area (Å²) in [6, 6.07) is 17.2. The van der Waals surface area contributed by atoms with Crippen molar-refractivity contribution in [2.45, 2.75) is 31.7 Å². The van der Waals surface area contributed by atoms with Crippen molar-refractivity contribution in [2.24, 2.45) is 5.73 Å². The predicted molar refractivity (Wildman–Crippen MR) is 178 cm³/mol. The fourth-order valence-electron chi connectivity index (χ4n) is 4.67. The summed E-state index contributed by atoms with van der Waals surface area (Å²) < 4.78 is 0. The van der Waals surface area contributed by atoms with Crippen LogP contribution in [0.1, 0.15) is 11.1 Å². The van der Waals surface area contributed by atoms with E-state index < -0.39 is 0 Å². The smallest absolute Gasteiger partial charge is 0.240 e. The first-order valence-electron chi connectivity index (χ1n) is 14.7. The number of carbonyl (C=O) groups is 2. The molecule has 10 heteroatoms. The van der Waals surface area contributed by atoms with Gasteiger partial charge in [0.1, 0.15) is 5.75 Å². The first-order chi connectivity index (χ1) is 21.2. The molecule has 0 radical (unpaired) electrons. The summed E-state index contributed by atoms with van der Waals surface area (Å²) in [6.07, 6.45) is 9.86. The number of hydrogen-bond donors (Lipinski definition) is 5. The lowest BCUT2D eigenvalue weighted by Gasteiger charge is -2.36. The van der Waals surface area contributed by atoms with E-state index in [4.69, 9.17) is 10.8 Å². The van der Waals surface area contributed by atoms with E-state index in [9.17, 15) is 9.59 Å². The zero-order valence-electron chi connectivity index (χ0n) is 26.2. The number of aryl methyl sites for hydroxylation is 1. The number of amides is 2. The molecule has 0 aliphatic heterocycles. The van der Waals surface area contributed by atoms with Crippen molar-refractivity contribution >= 4 is 12.3 Å². The third-order valence-electron chi connectivity index (χ3n) is 6.96. The molecule has 0 saturated carbocycles. The molecule has 0 heterocycles. The second-order valence-corrected chi connectivity index (χ2v) is 10.7. The quantitative estimate of drug-likeness (QED) is 0.0808. The summed E-state index contributed by atoms with van der Waals surface area (Å²) >= 11 is 0. The molecular formula is C34H49N7O3. The molecule has 10 nitrogen and oxygen atoms in total. The molecule has 0 bridgehead atoms. The largest absolute Gasteiger partial charge is 0.508 e. The number of hydrazine groups is 1. The molecule has 3 atom stereocenters. The van der Waals surface area contributed by atoms with Crippen LogP contribution in [0.2, 0.25) is 0 Å². The lowest BCUT2D eigenvalue weighted by atomic mass is 9.98. The molecule has 238 valence electrons. The maximum atomic E-state index is 13.4. The Labute approximate surface area is 262 Å². The van der Waals surface area contributed by atoms with E-state index in [2.05, 4.69) is 52.3 Å². The average molecular weight is 604 g/mol. The molecule has 0 aromatic heterocycles. The number of benzene rings is 2. The number of aromatic hydroxyl groups is 1. The van der Waals surface area contributed by atoms with Gasteiger partial charge in [0.05, 0.1) is 12.7 Å². The highest BCUT2D eigenvalue weighted by Gasteiger charge is 2.26. The van der Waals surface area contributed by atoms with Crippen LogP contribution in [0, 0.1) is 6.92 Å². The Balaban J connectivity index is 0.000000727. The molecule has 0 saturated heterocycles. The molecule has 1 aliphatic rings. The van der Waals surface area contributed by atoms with E-state index in [0.717, 1.165) is 11.1 Å². The predicted octanol–water partition coefficient (Wildman–Crippen LogP) is 2.31. The lowest BCUT2D eigenvalue weighted by molar-refractivity contribution is -0.136. The minimum Gasteiger partial charge on any atom is -0.508 e. The third-order valence-corrected chi connectivity index (χ3v) is 6.96. The maximum Gasteiger partial charge on any atom is 0.240 e. The van der Waals surface area contributed by atoms with Crippen molar-refractivity contribution in [3.05, 3.63) is 115 Å². The number of hydrogen-bond acceptors (Lipinski definition) is 8. The SMILES string of the molecule is C=CCN(CC(=O)N(CC=C)C(CN(C)CC1=CC(N)C(NC)C=C1)NCc1ccccc1)NC=O.Cc1ccc(O)cc1. The van der Waals surface area contributed by atoms with Gasteiger partial charge in [-0.3, -0.25) is 25.2 Å². The standard InChI is InChI=1S/C27H41N7O2.C7H8O/c1-5-14-33(31-21-35)20-27(36)34(15-6-2)26(30-17-22-10-8-7-9-11-22)19-32(4)18-23-12-13-25(29-3)24(28)16-23;1-6-2-4-7(8)5-3-6/h5-13,16,21,24-26,29-30H,1-2,14-15,17-20,28H2,3-4H3,(H,31,35);2-5,8H,1H3. The van der Waals surface area contributed by atoms with Gasteiger partial charge in [-0.25, -0.2) is 5.01 Å². The molecule has 0 spiro atoms. The van der Waals surface area contributed by atoms with Gasteiger partial charge in [0.2, 0.25) is 12.3 Å². The highest BCUT2D eigenvalue weighted by molar-refractivity contribution is 5.79. The van der Waals surface area contributed by atoms with E-state index in [1.54, 1.807) is 29.2 Å². The van der Waals surface area contributed by atoms with Crippen LogP contribution in [-0.2, 0) is 16.1 Å². The monoisotopic (exact) mass is 603 g/mol. The Morgan fingerprint density at radius 1 is 1.09 bits per heavy atom. The molecule has 0 fully saturated rings. The van der Waals surface area contributed by atoms with Crippen molar-refractivity contribution in [3.8, 4) is 5.75 Å². The van der Waals surface area contributed by atoms with E-state index >= 15 is 0 Å². The number of nitrogens with zero attached hydrogens (tertiary/aromatic N) is 3. The zero-order valence-corrected chi connectivity index (χ0v) is 26.2. The molecule has 1 aliphatic carbocycles. The van der Waals surface area contributed by atoms with Gasteiger partial charge < -0.3 is 21.1 Å². The molecule has 3 unspecified atom stereocenters. The third kappa shape index (κ3) is 13.1. The van der Waals surface area contributed by atoms with Crippen LogP contribution in [0.15, 0.2) is 104 Å². The summed E-state index contributed by atoms with van der Waals surface area (Å²) in [5.74, 6) is 0.191. The van der Waals surface area contributed by atoms with E-state index in [1.165, 1.54) is 10.6 Å². The van der Waals surface area contributed by atoms with Crippen LogP contribution < -0.4 is 21.8 Å². The second kappa shape index (κ2) is 20.0. The van der Waals surface area contributed by atoms with Crippen molar-refractivity contribution in [1.29, 1.82) is 0 Å². The molecule has 2 aromatic rings. The highest BCUT2D eigenvalue weighted by Crippen LogP contribution is 2.13. The number of carbonyl (C=O) groups excluding carboxylic acids is 2. The molecule has 6 N–H and O–H groups in total. The van der Waals surface area contributed by atoms with Gasteiger partial charge in [-0.15, -0.1) is 13.2 Å². The van der Waals surface area contributed by atoms with Crippen molar-refractivity contribution in [2.75, 3.05) is 46.8 Å². The van der Waals surface area contributed by atoms with E-state index in [-0.39, 0.29) is 30.7 Å². The summed E-state index contributed by atoms with van der Waals surface area (Å²) in [5.41, 5.74) is 12.2. The lowest BCUT2D eigenvalue weighted by Crippen LogP contribution is -2.56. The Kier molecular flexibility index (Phi) is 16.4. The number of likely N-dealkylation sites (N-methyl/N-ethyl adjacent to an activating group) is 2. The van der Waals surface area contributed by atoms with Gasteiger partial charge in [0.25, 0.3) is 0 Å². The topological polar surface area (TPSA) is 126 Å². The summed E-state index contributed by atoms with van der Waals surface area (Å²) in [7, 11) is 3.92. The maximum absolute atomic E-state index is 13.4. The van der Waals surface area contributed by atoms with Crippen molar-refractivity contribution in [3.63, 3.8) is 0 Å². The number of nitrogens with two attached hydrogens (primary N) is 1. The minimum atomic E-state index is -0.297. The van der Waals surface area contributed by atoms with Gasteiger partial charge in [0.15, 0.2) is 0 Å². The Hall–Kier alpha value is -4.06. The highest BCUT2D eigenvalue weighted by atomic mass is 16.3. The van der Waals surface area contributed by atoms with Gasteiger partial charge in [-0.1, -0.05) is 78.4 Å². The normalized spacial score (nSPS) is 16.4. The Morgan fingerprint density at radius 2 is 1.77 bits per heavy atom. The van der Waals surface area contributed by atoms with Crippen LogP contribution in [0.25, 0.3) is 0 Å². The molecular weight excluding hydrogens is 554 g/mol. The van der Waals surface area contributed by atoms with Crippen molar-refractivity contribution < 1.29 is 14.7 Å². The van der Waals surface area contributed by atoms with Crippen molar-refractivity contribution in [1.82, 2.24) is 30.9 Å². The number of phenolic OH excluding ortho intramolecular Hbond substituents is 1. The van der Waals surface area contributed by atoms with Gasteiger partial charge >= 0.3 is 0 Å². The first kappa shape index (κ1) is 36.1. The summed E-state index contributed by atoms with van der Waals surface area (Å²) in [4.78, 5) is 28.3. The van der Waals surface area contributed by atoms with E-state index in [1.807, 2.05) is 63.5 Å². The summed E-state index contributed by atoms with van der Waals surface area (Å²) in [6.45, 7) is 12.1. The van der Waals surface area contributed by atoms with Crippen LogP contribution in [0.5, 0.6) is 5.75 Å². The van der Waals surface area contributed by atoms with Gasteiger partial charge in [-0.2, -0.15) is 0 Å². The number of phenols is 1. The number of rotatable bonds is 17. The molecule has 3 rings (SSSR count). The molecule has 2 amide bonds. The number of nitrogens with one attached hydrogen (secondary N) is 3. The van der Waals surface area contributed by atoms with Crippen LogP contribution >= 0.6 is 0 Å². The molecule has 2 aromatic carbocycles. The summed E-state index contributed by atoms with van der Waals surface area (Å²) in [5, 5.41) is 17.0. The van der Waals surface area contributed by atoms with Crippen LogP contribution in [0.3, 0.4) is 0 Å². The van der Waals surface area contributed by atoms with Crippen LogP contribution in [0.4, 0.5) is 0 Å². The van der Waals surface area contributed by atoms with Gasteiger partial charge in [-0.05, 0) is 44.3 Å². The Bertz CT molecular complexity index is 1190. The Morgan fingerprint density at radius 3 is 2.34 bits per heavy atom. The van der Waals surface area contributed by atoms with Gasteiger partial charge in [0, 0.05) is 44.8 Å². The minimum absolute atomic E-state index is 0.0139. The zero-order chi connectivity index (χ0) is 32.3. The molecule has 44 heavy (non-hydrogen) atoms. The van der Waals surface area contributed by atoms with E-state index in [0.29, 0.717) is 44.9 Å². The van der Waals surface area contributed by atoms with Crippen LogP contribution in [-0.4, -0.2) is 97.3 Å².